The zero-order valence-electron chi connectivity index (χ0n) is 8.38. The van der Waals surface area contributed by atoms with Crippen molar-refractivity contribution >= 4 is 22.2 Å². The summed E-state index contributed by atoms with van der Waals surface area (Å²) in [6, 6.07) is -0.0992. The summed E-state index contributed by atoms with van der Waals surface area (Å²) < 4.78 is 35.3. The topological polar surface area (TPSA) is 84.9 Å². The van der Waals surface area contributed by atoms with Gasteiger partial charge in [-0.1, -0.05) is 6.42 Å². The molecule has 0 radical (unpaired) electrons. The molecule has 0 aliphatic heterocycles. The van der Waals surface area contributed by atoms with Crippen LogP contribution in [0.1, 0.15) is 25.7 Å². The Balaban J connectivity index is 2.36. The Morgan fingerprint density at radius 2 is 2.20 bits per heavy atom. The molecular formula is C7H15NO5S2. The minimum absolute atomic E-state index is 0.0992. The molecule has 1 saturated carbocycles. The highest BCUT2D eigenvalue weighted by Crippen LogP contribution is 2.23. The van der Waals surface area contributed by atoms with E-state index in [0.717, 1.165) is 24.9 Å². The molecule has 6 nitrogen and oxygen atoms in total. The third-order valence-corrected chi connectivity index (χ3v) is 3.84. The molecule has 0 aromatic heterocycles. The Morgan fingerprint density at radius 1 is 1.47 bits per heavy atom. The lowest BCUT2D eigenvalue weighted by Crippen LogP contribution is -2.38. The second kappa shape index (κ2) is 6.02. The van der Waals surface area contributed by atoms with E-state index in [2.05, 4.69) is 14.8 Å². The molecule has 0 heterocycles. The molecule has 2 atom stereocenters. The van der Waals surface area contributed by atoms with Gasteiger partial charge in [-0.2, -0.15) is 13.9 Å². The van der Waals surface area contributed by atoms with Gasteiger partial charge in [0.2, 0.25) is 0 Å². The van der Waals surface area contributed by atoms with Crippen molar-refractivity contribution in [1.82, 2.24) is 5.48 Å². The fourth-order valence-corrected chi connectivity index (χ4v) is 2.69. The third kappa shape index (κ3) is 4.66. The van der Waals surface area contributed by atoms with Crippen molar-refractivity contribution in [2.24, 2.45) is 0 Å². The minimum Gasteiger partial charge on any atom is -0.285 e. The predicted molar refractivity (Wildman–Crippen MR) is 56.4 cm³/mol. The number of nitrogens with one attached hydrogen (secondary N) is 1. The van der Waals surface area contributed by atoms with Crippen LogP contribution in [0.5, 0.6) is 0 Å². The average Bonchev–Trinajstić information content (AvgIpc) is 2.17. The first kappa shape index (κ1) is 13.2. The van der Waals surface area contributed by atoms with Gasteiger partial charge >= 0.3 is 0 Å². The lowest BCUT2D eigenvalue weighted by Gasteiger charge is -2.26. The van der Waals surface area contributed by atoms with Crippen molar-refractivity contribution < 1.29 is 22.3 Å². The molecule has 2 N–H and O–H groups in total. The van der Waals surface area contributed by atoms with Gasteiger partial charge in [-0.3, -0.25) is 4.55 Å². The molecule has 2 unspecified atom stereocenters. The minimum atomic E-state index is -3.93. The van der Waals surface area contributed by atoms with Gasteiger partial charge in [0, 0.05) is 24.3 Å². The van der Waals surface area contributed by atoms with Crippen molar-refractivity contribution in [1.29, 1.82) is 0 Å². The van der Waals surface area contributed by atoms with Gasteiger partial charge in [0.15, 0.2) is 0 Å². The molecule has 15 heavy (non-hydrogen) atoms. The molecule has 1 rings (SSSR count). The summed E-state index contributed by atoms with van der Waals surface area (Å²) >= 11 is 1.04. The molecule has 0 saturated heterocycles. The zero-order valence-corrected chi connectivity index (χ0v) is 10.0. The quantitative estimate of drug-likeness (QED) is 0.249. The van der Waals surface area contributed by atoms with Gasteiger partial charge in [-0.25, -0.2) is 0 Å². The summed E-state index contributed by atoms with van der Waals surface area (Å²) in [5, 5.41) is -0.693. The molecule has 0 aromatic rings. The highest BCUT2D eigenvalue weighted by molar-refractivity contribution is 7.93. The molecule has 1 aliphatic carbocycles. The van der Waals surface area contributed by atoms with Crippen LogP contribution in [-0.4, -0.2) is 30.5 Å². The van der Waals surface area contributed by atoms with E-state index < -0.39 is 15.4 Å². The first-order valence-corrected chi connectivity index (χ1v) is 7.27. The molecule has 1 aliphatic rings. The second-order valence-corrected chi connectivity index (χ2v) is 5.60. The highest BCUT2D eigenvalue weighted by Gasteiger charge is 2.30. The molecule has 0 spiro atoms. The lowest BCUT2D eigenvalue weighted by atomic mass is 9.96. The van der Waals surface area contributed by atoms with Gasteiger partial charge in [-0.05, 0) is 19.3 Å². The van der Waals surface area contributed by atoms with Gasteiger partial charge < -0.3 is 0 Å². The van der Waals surface area contributed by atoms with Gasteiger partial charge in [0.05, 0.1) is 5.25 Å². The van der Waals surface area contributed by atoms with Crippen molar-refractivity contribution in [3.05, 3.63) is 0 Å². The van der Waals surface area contributed by atoms with E-state index in [-0.39, 0.29) is 6.04 Å². The summed E-state index contributed by atoms with van der Waals surface area (Å²) in [7, 11) is -3.93. The van der Waals surface area contributed by atoms with Crippen LogP contribution >= 0.6 is 12.0 Å². The summed E-state index contributed by atoms with van der Waals surface area (Å²) in [6.45, 7) is 0. The van der Waals surface area contributed by atoms with Crippen LogP contribution in [0.15, 0.2) is 0 Å². The van der Waals surface area contributed by atoms with Crippen LogP contribution in [0, 0.1) is 0 Å². The van der Waals surface area contributed by atoms with Crippen LogP contribution in [0.3, 0.4) is 0 Å². The van der Waals surface area contributed by atoms with Gasteiger partial charge in [0.25, 0.3) is 10.1 Å². The largest absolute Gasteiger partial charge is 0.285 e. The summed E-state index contributed by atoms with van der Waals surface area (Å²) in [5.41, 5.74) is 2.61. The number of hydroxylamine groups is 1. The standard InChI is InChI=1S/C7H15NO5S2/c1-14-13-12-8-6-3-2-4-7(5-6)15(9,10)11/h6-8H,2-5H2,1H3,(H,9,10,11). The van der Waals surface area contributed by atoms with E-state index in [0.29, 0.717) is 12.8 Å². The molecule has 90 valence electrons. The van der Waals surface area contributed by atoms with E-state index >= 15 is 0 Å². The molecule has 0 bridgehead atoms. The summed E-state index contributed by atoms with van der Waals surface area (Å²) in [5.74, 6) is 0. The van der Waals surface area contributed by atoms with E-state index in [9.17, 15) is 8.42 Å². The van der Waals surface area contributed by atoms with Crippen LogP contribution in [-0.2, 0) is 19.4 Å². The van der Waals surface area contributed by atoms with Gasteiger partial charge in [-0.15, -0.1) is 9.32 Å². The normalized spacial score (nSPS) is 27.9. The number of hydrogen-bond acceptors (Lipinski definition) is 6. The third-order valence-electron chi connectivity index (χ3n) is 2.36. The summed E-state index contributed by atoms with van der Waals surface area (Å²) in [4.78, 5) is 4.62. The number of hydrogen-bond donors (Lipinski definition) is 2. The molecule has 0 amide bonds. The Kier molecular flexibility index (Phi) is 5.30. The molecule has 1 fully saturated rings. The number of rotatable bonds is 5. The maximum absolute atomic E-state index is 10.9. The average molecular weight is 257 g/mol. The Hall–Kier alpha value is 0.140. The first-order chi connectivity index (χ1) is 7.04. The first-order valence-electron chi connectivity index (χ1n) is 4.62. The monoisotopic (exact) mass is 257 g/mol. The Morgan fingerprint density at radius 3 is 2.80 bits per heavy atom. The van der Waals surface area contributed by atoms with Gasteiger partial charge in [0.1, 0.15) is 0 Å². The van der Waals surface area contributed by atoms with Crippen LogP contribution < -0.4 is 5.48 Å². The Labute approximate surface area is 93.5 Å². The maximum Gasteiger partial charge on any atom is 0.267 e. The van der Waals surface area contributed by atoms with Crippen molar-refractivity contribution in [2.45, 2.75) is 37.0 Å². The summed E-state index contributed by atoms with van der Waals surface area (Å²) in [6.07, 6.45) is 4.09. The highest BCUT2D eigenvalue weighted by atomic mass is 32.2. The fraction of sp³-hybridized carbons (Fsp3) is 1.00. The lowest BCUT2D eigenvalue weighted by molar-refractivity contribution is -0.255. The maximum atomic E-state index is 10.9. The van der Waals surface area contributed by atoms with Crippen molar-refractivity contribution in [3.8, 4) is 0 Å². The van der Waals surface area contributed by atoms with E-state index in [4.69, 9.17) is 4.55 Å². The molecule has 8 heteroatoms. The zero-order chi connectivity index (χ0) is 11.3. The fourth-order valence-electron chi connectivity index (χ4n) is 1.64. The van der Waals surface area contributed by atoms with Crippen molar-refractivity contribution in [2.75, 3.05) is 6.26 Å². The van der Waals surface area contributed by atoms with Crippen LogP contribution in [0.2, 0.25) is 0 Å². The van der Waals surface area contributed by atoms with Crippen LogP contribution in [0.25, 0.3) is 0 Å². The SMILES string of the molecule is CSOONC1CCCC(S(=O)(=O)O)C1. The second-order valence-electron chi connectivity index (χ2n) is 3.44. The van der Waals surface area contributed by atoms with Crippen LogP contribution in [0.4, 0.5) is 0 Å². The Bertz CT molecular complexity index is 281. The van der Waals surface area contributed by atoms with E-state index in [1.54, 1.807) is 6.26 Å². The van der Waals surface area contributed by atoms with E-state index in [1.807, 2.05) is 0 Å². The molecular weight excluding hydrogens is 242 g/mol. The predicted octanol–water partition coefficient (Wildman–Crippen LogP) is 0.916. The van der Waals surface area contributed by atoms with E-state index in [1.165, 1.54) is 0 Å². The smallest absolute Gasteiger partial charge is 0.267 e. The van der Waals surface area contributed by atoms with Crippen molar-refractivity contribution in [3.63, 3.8) is 0 Å². The molecule has 0 aromatic carbocycles.